The Hall–Kier alpha value is -1.73. The molecule has 2 heterocycles. The van der Waals surface area contributed by atoms with E-state index in [0.29, 0.717) is 0 Å². The predicted octanol–water partition coefficient (Wildman–Crippen LogP) is -2.43. The zero-order valence-electron chi connectivity index (χ0n) is 15.2. The Bertz CT molecular complexity index is 516. The number of carbonyl (C=O) groups is 3. The summed E-state index contributed by atoms with van der Waals surface area (Å²) in [5.41, 5.74) is 0. The average molecular weight is 358 g/mol. The average Bonchev–Trinajstić information content (AvgIpc) is 3.18. The van der Waals surface area contributed by atoms with E-state index < -0.39 is 37.4 Å². The number of nitrogens with zero attached hydrogens (tertiary/aromatic N) is 4. The zero-order chi connectivity index (χ0) is 18.9. The van der Waals surface area contributed by atoms with Gasteiger partial charge in [0.05, 0.1) is 6.61 Å². The van der Waals surface area contributed by atoms with Gasteiger partial charge in [-0.25, -0.2) is 0 Å². The molecule has 2 fully saturated rings. The minimum Gasteiger partial charge on any atom is -0.391 e. The van der Waals surface area contributed by atoms with Gasteiger partial charge in [-0.05, 0) is 5.14 Å². The van der Waals surface area contributed by atoms with Crippen LogP contribution in [0.15, 0.2) is 0 Å². The van der Waals surface area contributed by atoms with Crippen molar-refractivity contribution in [1.82, 2.24) is 19.8 Å². The maximum absolute atomic E-state index is 12.3. The molecule has 11 nitrogen and oxygen atoms in total. The molecule has 3 atom stereocenters. The van der Waals surface area contributed by atoms with Crippen molar-refractivity contribution >= 4 is 25.0 Å². The number of hydrogen-bond acceptors (Lipinski definition) is 8. The summed E-state index contributed by atoms with van der Waals surface area (Å²) in [6, 6.07) is 0. The van der Waals surface area contributed by atoms with Crippen LogP contribution in [0.25, 0.3) is 0 Å². The zero-order valence-corrected chi connectivity index (χ0v) is 15.2. The van der Waals surface area contributed by atoms with Gasteiger partial charge in [-0.2, -0.15) is 0 Å². The second-order valence-corrected chi connectivity index (χ2v) is 6.30. The summed E-state index contributed by atoms with van der Waals surface area (Å²) >= 11 is 0. The molecule has 0 bridgehead atoms. The molecule has 140 valence electrons. The van der Waals surface area contributed by atoms with Crippen LogP contribution in [0.1, 0.15) is 0 Å². The lowest BCUT2D eigenvalue weighted by molar-refractivity contribution is -0.263. The Labute approximate surface area is 146 Å². The Morgan fingerprint density at radius 1 is 0.840 bits per heavy atom. The lowest BCUT2D eigenvalue weighted by Gasteiger charge is -2.20. The molecule has 0 aromatic heterocycles. The van der Waals surface area contributed by atoms with Gasteiger partial charge in [-0.15, -0.1) is 0 Å². The van der Waals surface area contributed by atoms with Crippen molar-refractivity contribution in [3.63, 3.8) is 0 Å². The minimum absolute atomic E-state index is 0.00346. The van der Waals surface area contributed by atoms with Gasteiger partial charge in [-0.3, -0.25) is 24.1 Å². The largest absolute Gasteiger partial charge is 0.609 e. The van der Waals surface area contributed by atoms with Crippen molar-refractivity contribution in [2.45, 2.75) is 18.3 Å². The second kappa shape index (κ2) is 7.66. The first-order valence-corrected chi connectivity index (χ1v) is 7.66. The van der Waals surface area contributed by atoms with E-state index >= 15 is 0 Å². The molecule has 2 saturated heterocycles. The first-order valence-electron chi connectivity index (χ1n) is 7.66. The number of rotatable bonds is 4. The molecule has 3 amide bonds. The summed E-state index contributed by atoms with van der Waals surface area (Å²) in [5, 5.41) is 0.821. The highest BCUT2D eigenvalue weighted by atomic mass is 17.0. The molecule has 0 saturated carbocycles. The van der Waals surface area contributed by atoms with Crippen LogP contribution in [0.2, 0.25) is 0 Å². The van der Waals surface area contributed by atoms with Gasteiger partial charge in [0, 0.05) is 42.3 Å². The van der Waals surface area contributed by atoms with Crippen molar-refractivity contribution < 1.29 is 33.4 Å². The van der Waals surface area contributed by atoms with Crippen molar-refractivity contribution in [1.29, 1.82) is 0 Å². The Balaban J connectivity index is 2.10. The molecule has 0 N–H and O–H groups in total. The number of carbonyl (C=O) groups excluding carboxylic acids is 3. The molecule has 0 spiro atoms. The van der Waals surface area contributed by atoms with Crippen LogP contribution in [-0.2, 0) is 33.4 Å². The van der Waals surface area contributed by atoms with Crippen molar-refractivity contribution in [3.05, 3.63) is 0 Å². The van der Waals surface area contributed by atoms with E-state index in [1.807, 2.05) is 0 Å². The third kappa shape index (κ3) is 4.10. The molecule has 0 aromatic carbocycles. The van der Waals surface area contributed by atoms with E-state index in [1.165, 1.54) is 14.7 Å². The van der Waals surface area contributed by atoms with Gasteiger partial charge in [-0.1, -0.05) is 0 Å². The van der Waals surface area contributed by atoms with E-state index in [4.69, 9.17) is 19.0 Å². The third-order valence-electron chi connectivity index (χ3n) is 3.64. The summed E-state index contributed by atoms with van der Waals surface area (Å²) in [4.78, 5) is 51.3. The Morgan fingerprint density at radius 3 is 1.68 bits per heavy atom. The minimum atomic E-state index is -1.18. The van der Waals surface area contributed by atoms with Crippen LogP contribution in [0.3, 0.4) is 0 Å². The highest BCUT2D eigenvalue weighted by Gasteiger charge is 2.54. The number of hydrogen-bond donors (Lipinski definition) is 0. The topological polar surface area (TPSA) is 101 Å². The van der Waals surface area contributed by atoms with Gasteiger partial charge in [0.1, 0.15) is 6.10 Å². The summed E-state index contributed by atoms with van der Waals surface area (Å²) in [5.74, 6) is -1.16. The van der Waals surface area contributed by atoms with E-state index in [-0.39, 0.29) is 12.5 Å². The molecule has 0 radical (unpaired) electrons. The van der Waals surface area contributed by atoms with Crippen LogP contribution in [0.5, 0.6) is 0 Å². The molecule has 2 aliphatic rings. The summed E-state index contributed by atoms with van der Waals surface area (Å²) in [6.07, 6.45) is -3.18. The van der Waals surface area contributed by atoms with Crippen molar-refractivity contribution in [2.75, 3.05) is 48.9 Å². The van der Waals surface area contributed by atoms with Crippen LogP contribution >= 0.6 is 0 Å². The van der Waals surface area contributed by atoms with Gasteiger partial charge in [0.15, 0.2) is 12.2 Å². The van der Waals surface area contributed by atoms with Gasteiger partial charge in [0.2, 0.25) is 0 Å². The van der Waals surface area contributed by atoms with E-state index in [1.54, 1.807) is 42.3 Å². The predicted molar refractivity (Wildman–Crippen MR) is 84.2 cm³/mol. The molecule has 25 heavy (non-hydrogen) atoms. The number of likely N-dealkylation sites (N-methyl/N-ethyl adjacent to an activating group) is 3. The lowest BCUT2D eigenvalue weighted by atomic mass is 10.1. The highest BCUT2D eigenvalue weighted by molar-refractivity contribution is 6.41. The van der Waals surface area contributed by atoms with E-state index in [0.717, 1.165) is 5.14 Å². The number of amides is 3. The normalized spacial score (nSPS) is 26.6. The van der Waals surface area contributed by atoms with Crippen LogP contribution in [0, 0.1) is 0 Å². The molecule has 1 unspecified atom stereocenters. The molecular formula is C13H23BN4O7. The highest BCUT2D eigenvalue weighted by Crippen LogP contribution is 2.25. The Morgan fingerprint density at radius 2 is 1.28 bits per heavy atom. The molecule has 0 aliphatic carbocycles. The lowest BCUT2D eigenvalue weighted by Crippen LogP contribution is -2.47. The van der Waals surface area contributed by atoms with Crippen molar-refractivity contribution in [2.24, 2.45) is 0 Å². The van der Waals surface area contributed by atoms with Gasteiger partial charge >= 0.3 is 7.25 Å². The summed E-state index contributed by atoms with van der Waals surface area (Å²) < 4.78 is 10.8. The van der Waals surface area contributed by atoms with E-state index in [9.17, 15) is 14.4 Å². The summed E-state index contributed by atoms with van der Waals surface area (Å²) in [7, 11) is 8.20. The standard InChI is InChI=1S/C13H23BN4O7/c1-15(2)11(19)8-7-22-14(23-8)18-24-9(12(20)16(3)4)10(25-18)13(21)17(5)6/h8-10H,7H2,1-6H3/t8-,9-,10?/m1/s1. The SMILES string of the molecule is CN(C)C(=O)C1ON(B2OC[C@H](C(=O)N(C)C)O2)O[C@H]1C(=O)N(C)C. The summed E-state index contributed by atoms with van der Waals surface area (Å²) in [6.45, 7) is 0.00346. The smallest absolute Gasteiger partial charge is 0.391 e. The second-order valence-electron chi connectivity index (χ2n) is 6.30. The third-order valence-corrected chi connectivity index (χ3v) is 3.64. The first kappa shape index (κ1) is 19.6. The van der Waals surface area contributed by atoms with Crippen LogP contribution in [-0.4, -0.2) is 112 Å². The maximum Gasteiger partial charge on any atom is 0.609 e. The van der Waals surface area contributed by atoms with E-state index in [2.05, 4.69) is 0 Å². The monoisotopic (exact) mass is 358 g/mol. The fraction of sp³-hybridized carbons (Fsp3) is 0.769. The van der Waals surface area contributed by atoms with Gasteiger partial charge in [0.25, 0.3) is 17.7 Å². The maximum atomic E-state index is 12.3. The van der Waals surface area contributed by atoms with Crippen LogP contribution in [0.4, 0.5) is 0 Å². The van der Waals surface area contributed by atoms with Crippen LogP contribution < -0.4 is 0 Å². The molecular weight excluding hydrogens is 335 g/mol. The fourth-order valence-corrected chi connectivity index (χ4v) is 2.23. The fourth-order valence-electron chi connectivity index (χ4n) is 2.23. The Kier molecular flexibility index (Phi) is 6.01. The first-order chi connectivity index (χ1) is 11.6. The quantitative estimate of drug-likeness (QED) is 0.512. The molecule has 0 aromatic rings. The van der Waals surface area contributed by atoms with Crippen molar-refractivity contribution in [3.8, 4) is 0 Å². The molecule has 2 aliphatic heterocycles. The molecule has 12 heteroatoms. The van der Waals surface area contributed by atoms with Gasteiger partial charge < -0.3 is 24.0 Å². The molecule has 2 rings (SSSR count).